The number of rotatable bonds is 5. The second-order valence-corrected chi connectivity index (χ2v) is 5.96. The van der Waals surface area contributed by atoms with E-state index in [2.05, 4.69) is 31.2 Å². The van der Waals surface area contributed by atoms with Crippen molar-refractivity contribution in [2.24, 2.45) is 11.7 Å². The minimum absolute atomic E-state index is 0.106. The van der Waals surface area contributed by atoms with Gasteiger partial charge in [-0.25, -0.2) is 0 Å². The molecule has 19 heavy (non-hydrogen) atoms. The number of hydrogen-bond acceptors (Lipinski definition) is 2. The first-order valence-electron chi connectivity index (χ1n) is 7.54. The van der Waals surface area contributed by atoms with Gasteiger partial charge < -0.3 is 10.5 Å². The van der Waals surface area contributed by atoms with Crippen molar-refractivity contribution in [1.29, 1.82) is 0 Å². The zero-order valence-electron chi connectivity index (χ0n) is 12.3. The summed E-state index contributed by atoms with van der Waals surface area (Å²) in [4.78, 5) is 0. The van der Waals surface area contributed by atoms with Crippen molar-refractivity contribution in [1.82, 2.24) is 0 Å². The predicted molar refractivity (Wildman–Crippen MR) is 80.2 cm³/mol. The van der Waals surface area contributed by atoms with E-state index in [1.807, 2.05) is 7.11 Å². The van der Waals surface area contributed by atoms with Gasteiger partial charge in [0.2, 0.25) is 0 Å². The Labute approximate surface area is 117 Å². The van der Waals surface area contributed by atoms with Gasteiger partial charge in [0, 0.05) is 13.2 Å². The average molecular weight is 261 g/mol. The molecule has 1 aliphatic carbocycles. The number of hydrogen-bond donors (Lipinski definition) is 1. The van der Waals surface area contributed by atoms with Crippen molar-refractivity contribution in [2.75, 3.05) is 7.11 Å². The van der Waals surface area contributed by atoms with E-state index < -0.39 is 0 Å². The molecule has 2 rings (SSSR count). The molecular formula is C17H27NO. The maximum atomic E-state index is 6.42. The second-order valence-electron chi connectivity index (χ2n) is 5.96. The topological polar surface area (TPSA) is 35.2 Å². The molecule has 0 bridgehead atoms. The molecule has 106 valence electrons. The lowest BCUT2D eigenvalue weighted by Crippen LogP contribution is -2.43. The van der Waals surface area contributed by atoms with E-state index in [9.17, 15) is 0 Å². The molecule has 2 heteroatoms. The molecule has 2 N–H and O–H groups in total. The first-order valence-corrected chi connectivity index (χ1v) is 7.54. The molecule has 2 unspecified atom stereocenters. The van der Waals surface area contributed by atoms with E-state index >= 15 is 0 Å². The standard InChI is InChI=1S/C17H27NO/c1-13-7-6-8-14(11-13)12-16(18)17(19-2)15-9-4-3-5-10-15/h6-8,11,15-17H,3-5,9-10,12,18H2,1-2H3. The molecule has 1 fully saturated rings. The molecular weight excluding hydrogens is 234 g/mol. The third kappa shape index (κ3) is 4.05. The zero-order valence-corrected chi connectivity index (χ0v) is 12.3. The van der Waals surface area contributed by atoms with Gasteiger partial charge in [-0.15, -0.1) is 0 Å². The fourth-order valence-electron chi connectivity index (χ4n) is 3.41. The van der Waals surface area contributed by atoms with Crippen LogP contribution in [0.4, 0.5) is 0 Å². The van der Waals surface area contributed by atoms with Gasteiger partial charge in [0.25, 0.3) is 0 Å². The van der Waals surface area contributed by atoms with Gasteiger partial charge in [-0.2, -0.15) is 0 Å². The number of nitrogens with two attached hydrogens (primary N) is 1. The molecule has 0 spiro atoms. The van der Waals surface area contributed by atoms with Crippen LogP contribution in [0.2, 0.25) is 0 Å². The highest BCUT2D eigenvalue weighted by Crippen LogP contribution is 2.29. The number of methoxy groups -OCH3 is 1. The Morgan fingerprint density at radius 2 is 2.00 bits per heavy atom. The van der Waals surface area contributed by atoms with Crippen molar-refractivity contribution in [3.05, 3.63) is 35.4 Å². The lowest BCUT2D eigenvalue weighted by molar-refractivity contribution is 0.0179. The number of benzene rings is 1. The largest absolute Gasteiger partial charge is 0.380 e. The summed E-state index contributed by atoms with van der Waals surface area (Å²) in [5, 5.41) is 0. The fourth-order valence-corrected chi connectivity index (χ4v) is 3.41. The Morgan fingerprint density at radius 1 is 1.26 bits per heavy atom. The molecule has 0 amide bonds. The Bertz CT molecular complexity index is 385. The van der Waals surface area contributed by atoms with Crippen LogP contribution in [0, 0.1) is 12.8 Å². The first kappa shape index (κ1) is 14.5. The van der Waals surface area contributed by atoms with Crippen LogP contribution in [-0.2, 0) is 11.2 Å². The van der Waals surface area contributed by atoms with E-state index in [1.165, 1.54) is 43.2 Å². The van der Waals surface area contributed by atoms with E-state index in [1.54, 1.807) is 0 Å². The Hall–Kier alpha value is -0.860. The van der Waals surface area contributed by atoms with Crippen LogP contribution in [0.3, 0.4) is 0 Å². The van der Waals surface area contributed by atoms with E-state index in [4.69, 9.17) is 10.5 Å². The summed E-state index contributed by atoms with van der Waals surface area (Å²) in [6, 6.07) is 8.74. The summed E-state index contributed by atoms with van der Waals surface area (Å²) < 4.78 is 5.73. The van der Waals surface area contributed by atoms with Gasteiger partial charge in [-0.1, -0.05) is 49.1 Å². The average Bonchev–Trinajstić information content (AvgIpc) is 2.41. The molecule has 2 nitrogen and oxygen atoms in total. The predicted octanol–water partition coefficient (Wildman–Crippen LogP) is 3.46. The normalized spacial score (nSPS) is 20.2. The number of ether oxygens (including phenoxy) is 1. The van der Waals surface area contributed by atoms with Gasteiger partial charge in [-0.3, -0.25) is 0 Å². The molecule has 1 aromatic carbocycles. The molecule has 1 aromatic rings. The van der Waals surface area contributed by atoms with Crippen LogP contribution < -0.4 is 5.73 Å². The van der Waals surface area contributed by atoms with Crippen LogP contribution in [0.15, 0.2) is 24.3 Å². The van der Waals surface area contributed by atoms with Crippen molar-refractivity contribution in [3.63, 3.8) is 0 Å². The smallest absolute Gasteiger partial charge is 0.0753 e. The minimum Gasteiger partial charge on any atom is -0.380 e. The third-order valence-corrected chi connectivity index (χ3v) is 4.36. The SMILES string of the molecule is COC(C(N)Cc1cccc(C)c1)C1CCCCC1. The van der Waals surface area contributed by atoms with Gasteiger partial charge >= 0.3 is 0 Å². The summed E-state index contributed by atoms with van der Waals surface area (Å²) in [5.41, 5.74) is 9.04. The second kappa shape index (κ2) is 7.06. The van der Waals surface area contributed by atoms with E-state index in [0.717, 1.165) is 6.42 Å². The number of aryl methyl sites for hydroxylation is 1. The fraction of sp³-hybridized carbons (Fsp3) is 0.647. The van der Waals surface area contributed by atoms with E-state index in [0.29, 0.717) is 5.92 Å². The highest BCUT2D eigenvalue weighted by atomic mass is 16.5. The van der Waals surface area contributed by atoms with E-state index in [-0.39, 0.29) is 12.1 Å². The lowest BCUT2D eigenvalue weighted by Gasteiger charge is -2.33. The maximum Gasteiger partial charge on any atom is 0.0753 e. The summed E-state index contributed by atoms with van der Waals surface area (Å²) in [6.07, 6.45) is 7.72. The molecule has 0 aromatic heterocycles. The van der Waals surface area contributed by atoms with Crippen molar-refractivity contribution in [3.8, 4) is 0 Å². The Balaban J connectivity index is 1.97. The van der Waals surface area contributed by atoms with Gasteiger partial charge in [0.05, 0.1) is 6.10 Å². The summed E-state index contributed by atoms with van der Waals surface area (Å²) in [5.74, 6) is 0.651. The lowest BCUT2D eigenvalue weighted by atomic mass is 9.81. The molecule has 1 aliphatic rings. The van der Waals surface area contributed by atoms with Gasteiger partial charge in [0.15, 0.2) is 0 Å². The summed E-state index contributed by atoms with van der Waals surface area (Å²) in [7, 11) is 1.81. The van der Waals surface area contributed by atoms with Crippen molar-refractivity contribution < 1.29 is 4.74 Å². The van der Waals surface area contributed by atoms with Crippen molar-refractivity contribution >= 4 is 0 Å². The van der Waals surface area contributed by atoms with Gasteiger partial charge in [-0.05, 0) is 37.7 Å². The highest BCUT2D eigenvalue weighted by Gasteiger charge is 2.28. The quantitative estimate of drug-likeness (QED) is 0.881. The first-order chi connectivity index (χ1) is 9.20. The Kier molecular flexibility index (Phi) is 5.41. The Morgan fingerprint density at radius 3 is 2.63 bits per heavy atom. The molecule has 1 saturated carbocycles. The molecule has 0 heterocycles. The maximum absolute atomic E-state index is 6.42. The summed E-state index contributed by atoms with van der Waals surface area (Å²) in [6.45, 7) is 2.13. The van der Waals surface area contributed by atoms with Crippen LogP contribution in [0.5, 0.6) is 0 Å². The van der Waals surface area contributed by atoms with Crippen molar-refractivity contribution in [2.45, 2.75) is 57.6 Å². The van der Waals surface area contributed by atoms with Gasteiger partial charge in [0.1, 0.15) is 0 Å². The zero-order chi connectivity index (χ0) is 13.7. The molecule has 2 atom stereocenters. The van der Waals surface area contributed by atoms with Crippen LogP contribution in [-0.4, -0.2) is 19.3 Å². The third-order valence-electron chi connectivity index (χ3n) is 4.36. The molecule has 0 radical (unpaired) electrons. The summed E-state index contributed by atoms with van der Waals surface area (Å²) >= 11 is 0. The highest BCUT2D eigenvalue weighted by molar-refractivity contribution is 5.23. The monoisotopic (exact) mass is 261 g/mol. The van der Waals surface area contributed by atoms with Crippen LogP contribution in [0.25, 0.3) is 0 Å². The molecule has 0 saturated heterocycles. The minimum atomic E-state index is 0.106. The van der Waals surface area contributed by atoms with Crippen LogP contribution >= 0.6 is 0 Å². The molecule has 0 aliphatic heterocycles. The van der Waals surface area contributed by atoms with Crippen LogP contribution in [0.1, 0.15) is 43.2 Å².